The fourth-order valence-electron chi connectivity index (χ4n) is 1.61. The molecule has 1 aromatic carbocycles. The van der Waals surface area contributed by atoms with Gasteiger partial charge < -0.3 is 5.73 Å². The Labute approximate surface area is 100 Å². The minimum atomic E-state index is 0.588. The van der Waals surface area contributed by atoms with Crippen molar-refractivity contribution in [1.29, 1.82) is 0 Å². The van der Waals surface area contributed by atoms with Crippen molar-refractivity contribution in [3.05, 3.63) is 51.0 Å². The van der Waals surface area contributed by atoms with Crippen LogP contribution in [-0.4, -0.2) is 4.98 Å². The second-order valence-corrected chi connectivity index (χ2v) is 5.22. The summed E-state index contributed by atoms with van der Waals surface area (Å²) in [5.41, 5.74) is 9.57. The van der Waals surface area contributed by atoms with Crippen molar-refractivity contribution < 1.29 is 0 Å². The minimum absolute atomic E-state index is 0.588. The molecule has 0 fully saturated rings. The summed E-state index contributed by atoms with van der Waals surface area (Å²) in [5, 5.41) is 1.14. The highest BCUT2D eigenvalue weighted by molar-refractivity contribution is 7.11. The maximum atomic E-state index is 5.57. The van der Waals surface area contributed by atoms with E-state index in [2.05, 4.69) is 37.0 Å². The van der Waals surface area contributed by atoms with E-state index in [1.165, 1.54) is 16.7 Å². The van der Waals surface area contributed by atoms with Gasteiger partial charge in [-0.3, -0.25) is 0 Å². The highest BCUT2D eigenvalue weighted by Crippen LogP contribution is 2.18. The van der Waals surface area contributed by atoms with Crippen molar-refractivity contribution in [2.45, 2.75) is 26.8 Å². The Morgan fingerprint density at radius 2 is 2.06 bits per heavy atom. The van der Waals surface area contributed by atoms with Crippen molar-refractivity contribution in [3.8, 4) is 0 Å². The fourth-order valence-corrected chi connectivity index (χ4v) is 2.45. The molecule has 16 heavy (non-hydrogen) atoms. The second-order valence-electron chi connectivity index (χ2n) is 4.02. The number of benzene rings is 1. The third-order valence-corrected chi connectivity index (χ3v) is 3.75. The molecule has 2 aromatic rings. The molecule has 0 bridgehead atoms. The summed E-state index contributed by atoms with van der Waals surface area (Å²) in [6.45, 7) is 4.87. The monoisotopic (exact) mass is 232 g/mol. The highest BCUT2D eigenvalue weighted by Gasteiger charge is 2.03. The lowest BCUT2D eigenvalue weighted by atomic mass is 10.0. The lowest BCUT2D eigenvalue weighted by Gasteiger charge is -2.03. The van der Waals surface area contributed by atoms with Crippen LogP contribution in [0.15, 0.2) is 24.4 Å². The topological polar surface area (TPSA) is 38.9 Å². The lowest BCUT2D eigenvalue weighted by Crippen LogP contribution is -1.91. The number of hydrogen-bond acceptors (Lipinski definition) is 3. The summed E-state index contributed by atoms with van der Waals surface area (Å²) in [7, 11) is 0. The van der Waals surface area contributed by atoms with E-state index >= 15 is 0 Å². The number of thiazole rings is 1. The molecule has 0 amide bonds. The minimum Gasteiger partial charge on any atom is -0.326 e. The molecular weight excluding hydrogens is 216 g/mol. The van der Waals surface area contributed by atoms with Gasteiger partial charge in [-0.25, -0.2) is 4.98 Å². The van der Waals surface area contributed by atoms with Crippen LogP contribution in [0.3, 0.4) is 0 Å². The number of nitrogens with two attached hydrogens (primary N) is 1. The third-order valence-electron chi connectivity index (χ3n) is 2.73. The predicted molar refractivity (Wildman–Crippen MR) is 68.7 cm³/mol. The lowest BCUT2D eigenvalue weighted by molar-refractivity contribution is 1.08. The van der Waals surface area contributed by atoms with Gasteiger partial charge in [0.1, 0.15) is 0 Å². The molecule has 0 saturated carbocycles. The molecule has 0 radical (unpaired) electrons. The van der Waals surface area contributed by atoms with Crippen molar-refractivity contribution in [2.75, 3.05) is 0 Å². The van der Waals surface area contributed by atoms with E-state index in [1.807, 2.05) is 6.20 Å². The van der Waals surface area contributed by atoms with Crippen LogP contribution < -0.4 is 5.73 Å². The van der Waals surface area contributed by atoms with Gasteiger partial charge >= 0.3 is 0 Å². The van der Waals surface area contributed by atoms with Crippen LogP contribution in [0.25, 0.3) is 0 Å². The summed E-state index contributed by atoms with van der Waals surface area (Å²) in [6.07, 6.45) is 2.78. The van der Waals surface area contributed by atoms with Crippen molar-refractivity contribution in [2.24, 2.45) is 5.73 Å². The molecule has 2 rings (SSSR count). The molecule has 3 heteroatoms. The number of nitrogens with zero attached hydrogens (tertiary/aromatic N) is 1. The zero-order valence-corrected chi connectivity index (χ0v) is 10.5. The second kappa shape index (κ2) is 4.76. The average molecular weight is 232 g/mol. The number of rotatable bonds is 3. The molecule has 0 saturated heterocycles. The first kappa shape index (κ1) is 11.3. The number of aryl methyl sites for hydroxylation is 2. The van der Waals surface area contributed by atoms with Gasteiger partial charge in [-0.1, -0.05) is 18.2 Å². The van der Waals surface area contributed by atoms with Gasteiger partial charge in [-0.15, -0.1) is 11.3 Å². The number of hydrogen-bond donors (Lipinski definition) is 1. The predicted octanol–water partition coefficient (Wildman–Crippen LogP) is 2.81. The standard InChI is InChI=1S/C13H16N2S/c1-9-3-4-11(5-10(9)2)6-13-15-8-12(7-14)16-13/h3-5,8H,6-7,14H2,1-2H3. The molecule has 0 spiro atoms. The number of aromatic nitrogens is 1. The van der Waals surface area contributed by atoms with Crippen LogP contribution >= 0.6 is 11.3 Å². The van der Waals surface area contributed by atoms with Gasteiger partial charge in [0.25, 0.3) is 0 Å². The van der Waals surface area contributed by atoms with Crippen molar-refractivity contribution in [3.63, 3.8) is 0 Å². The zero-order valence-electron chi connectivity index (χ0n) is 9.66. The molecule has 2 N–H and O–H groups in total. The quantitative estimate of drug-likeness (QED) is 0.883. The van der Waals surface area contributed by atoms with Crippen LogP contribution in [0.5, 0.6) is 0 Å². The van der Waals surface area contributed by atoms with Gasteiger partial charge in [-0.05, 0) is 30.5 Å². The summed E-state index contributed by atoms with van der Waals surface area (Å²) in [5.74, 6) is 0. The van der Waals surface area contributed by atoms with E-state index in [0.29, 0.717) is 6.54 Å². The Kier molecular flexibility index (Phi) is 3.36. The van der Waals surface area contributed by atoms with E-state index < -0.39 is 0 Å². The van der Waals surface area contributed by atoms with Crippen LogP contribution in [0.2, 0.25) is 0 Å². The summed E-state index contributed by atoms with van der Waals surface area (Å²) in [4.78, 5) is 5.52. The van der Waals surface area contributed by atoms with Crippen molar-refractivity contribution >= 4 is 11.3 Å². The van der Waals surface area contributed by atoms with E-state index in [-0.39, 0.29) is 0 Å². The molecule has 1 heterocycles. The van der Waals surface area contributed by atoms with E-state index in [0.717, 1.165) is 16.3 Å². The fraction of sp³-hybridized carbons (Fsp3) is 0.308. The molecule has 1 aromatic heterocycles. The zero-order chi connectivity index (χ0) is 11.5. The molecule has 2 nitrogen and oxygen atoms in total. The average Bonchev–Trinajstić information content (AvgIpc) is 2.71. The summed E-state index contributed by atoms with van der Waals surface area (Å²) in [6, 6.07) is 6.58. The van der Waals surface area contributed by atoms with Crippen LogP contribution in [0.4, 0.5) is 0 Å². The Morgan fingerprint density at radius 3 is 2.69 bits per heavy atom. The van der Waals surface area contributed by atoms with Gasteiger partial charge in [-0.2, -0.15) is 0 Å². The summed E-state index contributed by atoms with van der Waals surface area (Å²) < 4.78 is 0. The van der Waals surface area contributed by atoms with E-state index in [1.54, 1.807) is 11.3 Å². The molecule has 0 aliphatic rings. The molecule has 0 aliphatic heterocycles. The van der Waals surface area contributed by atoms with Crippen molar-refractivity contribution in [1.82, 2.24) is 4.98 Å². The first-order chi connectivity index (χ1) is 7.69. The largest absolute Gasteiger partial charge is 0.326 e. The highest BCUT2D eigenvalue weighted by atomic mass is 32.1. The molecule has 0 aliphatic carbocycles. The smallest absolute Gasteiger partial charge is 0.0971 e. The molecule has 0 unspecified atom stereocenters. The van der Waals surface area contributed by atoms with Gasteiger partial charge in [0.15, 0.2) is 0 Å². The maximum Gasteiger partial charge on any atom is 0.0971 e. The van der Waals surface area contributed by atoms with Crippen LogP contribution in [0.1, 0.15) is 26.6 Å². The third kappa shape index (κ3) is 2.49. The summed E-state index contributed by atoms with van der Waals surface area (Å²) >= 11 is 1.70. The van der Waals surface area contributed by atoms with Crippen LogP contribution in [0, 0.1) is 13.8 Å². The normalized spacial score (nSPS) is 10.7. The van der Waals surface area contributed by atoms with Gasteiger partial charge in [0.2, 0.25) is 0 Å². The van der Waals surface area contributed by atoms with Gasteiger partial charge in [0.05, 0.1) is 5.01 Å². The molecular formula is C13H16N2S. The van der Waals surface area contributed by atoms with E-state index in [4.69, 9.17) is 5.73 Å². The maximum absolute atomic E-state index is 5.57. The Hall–Kier alpha value is -1.19. The molecule has 0 atom stereocenters. The molecule has 84 valence electrons. The van der Waals surface area contributed by atoms with E-state index in [9.17, 15) is 0 Å². The first-order valence-corrected chi connectivity index (χ1v) is 6.20. The van der Waals surface area contributed by atoms with Gasteiger partial charge in [0, 0.05) is 24.0 Å². The first-order valence-electron chi connectivity index (χ1n) is 5.39. The van der Waals surface area contributed by atoms with Crippen LogP contribution in [-0.2, 0) is 13.0 Å². The SMILES string of the molecule is Cc1ccc(Cc2ncc(CN)s2)cc1C. The Bertz CT molecular complexity index is 488. The Balaban J connectivity index is 2.17. The Morgan fingerprint density at radius 1 is 1.25 bits per heavy atom.